The molecule has 0 radical (unpaired) electrons. The first-order valence-electron chi connectivity index (χ1n) is 9.66. The quantitative estimate of drug-likeness (QED) is 0.288. The zero-order valence-electron chi connectivity index (χ0n) is 16.7. The molecule has 150 valence electrons. The van der Waals surface area contributed by atoms with Crippen molar-refractivity contribution in [3.63, 3.8) is 0 Å². The molecule has 0 saturated carbocycles. The SMILES string of the molecule is Cc1ccc(COc2ccc(/C=N\n3cnnc3SCc3ccccc3)cc2)cc1. The Morgan fingerprint density at radius 1 is 0.933 bits per heavy atom. The van der Waals surface area contributed by atoms with E-state index in [1.807, 2.05) is 42.5 Å². The monoisotopic (exact) mass is 414 g/mol. The summed E-state index contributed by atoms with van der Waals surface area (Å²) in [6.07, 6.45) is 3.41. The van der Waals surface area contributed by atoms with Crippen LogP contribution >= 0.6 is 11.8 Å². The van der Waals surface area contributed by atoms with E-state index in [4.69, 9.17) is 4.74 Å². The Hall–Kier alpha value is -3.38. The summed E-state index contributed by atoms with van der Waals surface area (Å²) < 4.78 is 7.55. The fourth-order valence-corrected chi connectivity index (χ4v) is 3.57. The van der Waals surface area contributed by atoms with Crippen molar-refractivity contribution in [1.29, 1.82) is 0 Å². The average molecular weight is 415 g/mol. The van der Waals surface area contributed by atoms with Crippen LogP contribution in [0.4, 0.5) is 0 Å². The van der Waals surface area contributed by atoms with Crippen molar-refractivity contribution >= 4 is 18.0 Å². The number of aryl methyl sites for hydroxylation is 1. The third-order valence-corrected chi connectivity index (χ3v) is 5.45. The first-order valence-corrected chi connectivity index (χ1v) is 10.6. The van der Waals surface area contributed by atoms with Gasteiger partial charge in [-0.25, -0.2) is 0 Å². The summed E-state index contributed by atoms with van der Waals surface area (Å²) in [5, 5.41) is 13.4. The van der Waals surface area contributed by atoms with Gasteiger partial charge >= 0.3 is 0 Å². The molecule has 0 atom stereocenters. The minimum absolute atomic E-state index is 0.552. The molecule has 0 N–H and O–H groups in total. The Labute approximate surface area is 180 Å². The van der Waals surface area contributed by atoms with Gasteiger partial charge in [-0.2, -0.15) is 9.78 Å². The molecule has 1 heterocycles. The summed E-state index contributed by atoms with van der Waals surface area (Å²) in [6.45, 7) is 2.63. The molecular weight excluding hydrogens is 392 g/mol. The van der Waals surface area contributed by atoms with Gasteiger partial charge in [0.25, 0.3) is 0 Å². The van der Waals surface area contributed by atoms with E-state index in [1.54, 1.807) is 29.0 Å². The van der Waals surface area contributed by atoms with E-state index in [2.05, 4.69) is 58.6 Å². The lowest BCUT2D eigenvalue weighted by Gasteiger charge is -2.07. The smallest absolute Gasteiger partial charge is 0.212 e. The van der Waals surface area contributed by atoms with Crippen molar-refractivity contribution < 1.29 is 4.74 Å². The molecule has 0 saturated heterocycles. The summed E-state index contributed by atoms with van der Waals surface area (Å²) in [4.78, 5) is 0. The van der Waals surface area contributed by atoms with Crippen LogP contribution in [0.2, 0.25) is 0 Å². The molecule has 6 heteroatoms. The number of thioether (sulfide) groups is 1. The summed E-state index contributed by atoms with van der Waals surface area (Å²) in [5.41, 5.74) is 4.61. The second kappa shape index (κ2) is 9.89. The molecule has 0 aliphatic heterocycles. The molecule has 0 unspecified atom stereocenters. The summed E-state index contributed by atoms with van der Waals surface area (Å²) >= 11 is 1.61. The number of nitrogens with zero attached hydrogens (tertiary/aromatic N) is 4. The van der Waals surface area contributed by atoms with Gasteiger partial charge in [-0.3, -0.25) is 0 Å². The van der Waals surface area contributed by atoms with Gasteiger partial charge in [0, 0.05) is 5.75 Å². The number of hydrogen-bond acceptors (Lipinski definition) is 5. The van der Waals surface area contributed by atoms with Crippen molar-refractivity contribution in [1.82, 2.24) is 14.9 Å². The fraction of sp³-hybridized carbons (Fsp3) is 0.125. The minimum Gasteiger partial charge on any atom is -0.489 e. The first-order chi connectivity index (χ1) is 14.8. The second-order valence-electron chi connectivity index (χ2n) is 6.82. The van der Waals surface area contributed by atoms with Gasteiger partial charge in [-0.15, -0.1) is 10.2 Å². The lowest BCUT2D eigenvalue weighted by atomic mass is 10.2. The van der Waals surface area contributed by atoms with Gasteiger partial charge in [-0.1, -0.05) is 71.9 Å². The van der Waals surface area contributed by atoms with E-state index in [0.29, 0.717) is 6.61 Å². The highest BCUT2D eigenvalue weighted by Gasteiger charge is 2.04. The number of rotatable bonds is 8. The number of hydrogen-bond donors (Lipinski definition) is 0. The molecule has 0 fully saturated rings. The molecule has 5 nitrogen and oxygen atoms in total. The largest absolute Gasteiger partial charge is 0.489 e. The maximum Gasteiger partial charge on any atom is 0.212 e. The van der Waals surface area contributed by atoms with Gasteiger partial charge in [-0.05, 0) is 47.9 Å². The van der Waals surface area contributed by atoms with Crippen molar-refractivity contribution in [2.75, 3.05) is 0 Å². The van der Waals surface area contributed by atoms with Crippen LogP contribution in [0.5, 0.6) is 5.75 Å². The highest BCUT2D eigenvalue weighted by molar-refractivity contribution is 7.98. The van der Waals surface area contributed by atoms with E-state index >= 15 is 0 Å². The minimum atomic E-state index is 0.552. The van der Waals surface area contributed by atoms with E-state index in [0.717, 1.165) is 27.8 Å². The van der Waals surface area contributed by atoms with E-state index in [-0.39, 0.29) is 0 Å². The Morgan fingerprint density at radius 3 is 2.47 bits per heavy atom. The number of ether oxygens (including phenoxy) is 1. The van der Waals surface area contributed by atoms with Crippen molar-refractivity contribution in [2.45, 2.75) is 24.4 Å². The Kier molecular flexibility index (Phi) is 6.57. The van der Waals surface area contributed by atoms with E-state index in [1.165, 1.54) is 11.1 Å². The zero-order valence-corrected chi connectivity index (χ0v) is 17.5. The number of benzene rings is 3. The number of aromatic nitrogens is 3. The van der Waals surface area contributed by atoms with E-state index in [9.17, 15) is 0 Å². The van der Waals surface area contributed by atoms with Crippen molar-refractivity contribution in [3.8, 4) is 5.75 Å². The highest BCUT2D eigenvalue weighted by Crippen LogP contribution is 2.20. The lowest BCUT2D eigenvalue weighted by molar-refractivity contribution is 0.306. The van der Waals surface area contributed by atoms with Gasteiger partial charge in [0.2, 0.25) is 5.16 Å². The molecule has 1 aromatic heterocycles. The molecule has 0 amide bonds. The summed E-state index contributed by atoms with van der Waals surface area (Å²) in [5.74, 6) is 1.65. The second-order valence-corrected chi connectivity index (χ2v) is 7.76. The maximum absolute atomic E-state index is 5.86. The Bertz CT molecular complexity index is 1090. The predicted octanol–water partition coefficient (Wildman–Crippen LogP) is 5.34. The topological polar surface area (TPSA) is 52.3 Å². The molecule has 0 aliphatic carbocycles. The maximum atomic E-state index is 5.86. The van der Waals surface area contributed by atoms with Crippen LogP contribution in [0.15, 0.2) is 95.4 Å². The molecule has 30 heavy (non-hydrogen) atoms. The summed E-state index contributed by atoms with van der Waals surface area (Å²) in [6, 6.07) is 26.5. The Morgan fingerprint density at radius 2 is 1.70 bits per heavy atom. The van der Waals surface area contributed by atoms with Gasteiger partial charge in [0.1, 0.15) is 18.7 Å². The molecule has 0 bridgehead atoms. The van der Waals surface area contributed by atoms with Crippen LogP contribution in [0, 0.1) is 6.92 Å². The predicted molar refractivity (Wildman–Crippen MR) is 121 cm³/mol. The zero-order chi connectivity index (χ0) is 20.6. The molecular formula is C24H22N4OS. The lowest BCUT2D eigenvalue weighted by Crippen LogP contribution is -1.96. The summed E-state index contributed by atoms with van der Waals surface area (Å²) in [7, 11) is 0. The third kappa shape index (κ3) is 5.58. The van der Waals surface area contributed by atoms with Crippen LogP contribution in [-0.4, -0.2) is 21.1 Å². The molecule has 4 aromatic rings. The third-order valence-electron chi connectivity index (χ3n) is 4.45. The van der Waals surface area contributed by atoms with Gasteiger partial charge in [0.05, 0.1) is 6.21 Å². The van der Waals surface area contributed by atoms with Crippen LogP contribution in [0.1, 0.15) is 22.3 Å². The highest BCUT2D eigenvalue weighted by atomic mass is 32.2. The van der Waals surface area contributed by atoms with Crippen molar-refractivity contribution in [3.05, 3.63) is 107 Å². The van der Waals surface area contributed by atoms with Crippen molar-refractivity contribution in [2.24, 2.45) is 5.10 Å². The molecule has 0 aliphatic rings. The fourth-order valence-electron chi connectivity index (χ4n) is 2.75. The Balaban J connectivity index is 1.33. The standard InChI is InChI=1S/C24H22N4OS/c1-19-7-9-21(10-8-19)16-29-23-13-11-20(12-14-23)15-26-28-18-25-27-24(28)30-17-22-5-3-2-4-6-22/h2-15,18H,16-17H2,1H3/b26-15-. The first kappa shape index (κ1) is 19.9. The van der Waals surface area contributed by atoms with Crippen LogP contribution in [-0.2, 0) is 12.4 Å². The van der Waals surface area contributed by atoms with Gasteiger partial charge in [0.15, 0.2) is 0 Å². The normalized spacial score (nSPS) is 11.1. The van der Waals surface area contributed by atoms with Crippen LogP contribution in [0.25, 0.3) is 0 Å². The molecule has 4 rings (SSSR count). The van der Waals surface area contributed by atoms with Crippen LogP contribution < -0.4 is 4.74 Å². The molecule has 0 spiro atoms. The van der Waals surface area contributed by atoms with E-state index < -0.39 is 0 Å². The average Bonchev–Trinajstić information content (AvgIpc) is 3.25. The molecule has 3 aromatic carbocycles. The van der Waals surface area contributed by atoms with Gasteiger partial charge < -0.3 is 4.74 Å². The van der Waals surface area contributed by atoms with Crippen LogP contribution in [0.3, 0.4) is 0 Å².